The summed E-state index contributed by atoms with van der Waals surface area (Å²) in [6, 6.07) is 6.81. The minimum absolute atomic E-state index is 0.209. The molecule has 0 spiro atoms. The summed E-state index contributed by atoms with van der Waals surface area (Å²) < 4.78 is 7.08. The van der Waals surface area contributed by atoms with Crippen LogP contribution in [-0.2, 0) is 4.74 Å². The van der Waals surface area contributed by atoms with Crippen molar-refractivity contribution in [3.8, 4) is 0 Å². The van der Waals surface area contributed by atoms with E-state index >= 15 is 0 Å². The van der Waals surface area contributed by atoms with E-state index in [0.29, 0.717) is 0 Å². The first-order valence-electron chi connectivity index (χ1n) is 7.04. The van der Waals surface area contributed by atoms with Crippen molar-refractivity contribution >= 4 is 27.7 Å². The molecular formula is C15H20BrNOS. The molecule has 104 valence electrons. The van der Waals surface area contributed by atoms with Crippen LogP contribution in [0.5, 0.6) is 0 Å². The molecule has 2 fully saturated rings. The van der Waals surface area contributed by atoms with Crippen LogP contribution in [0.3, 0.4) is 0 Å². The summed E-state index contributed by atoms with van der Waals surface area (Å²) in [7, 11) is 0. The molecule has 2 aliphatic rings. The van der Waals surface area contributed by atoms with E-state index < -0.39 is 0 Å². The van der Waals surface area contributed by atoms with Gasteiger partial charge >= 0.3 is 0 Å². The molecule has 1 aromatic carbocycles. The van der Waals surface area contributed by atoms with Gasteiger partial charge in [0, 0.05) is 17.6 Å². The van der Waals surface area contributed by atoms with Crippen molar-refractivity contribution in [2.45, 2.75) is 24.9 Å². The number of hydrogen-bond acceptors (Lipinski definition) is 3. The maximum Gasteiger partial charge on any atom is 0.0950 e. The Morgan fingerprint density at radius 3 is 2.79 bits per heavy atom. The van der Waals surface area contributed by atoms with Gasteiger partial charge in [0.1, 0.15) is 0 Å². The summed E-state index contributed by atoms with van der Waals surface area (Å²) in [6.07, 6.45) is 2.83. The van der Waals surface area contributed by atoms with E-state index in [1.165, 1.54) is 39.9 Å². The van der Waals surface area contributed by atoms with Gasteiger partial charge in [0.05, 0.1) is 12.7 Å². The van der Waals surface area contributed by atoms with Crippen LogP contribution in [0.4, 0.5) is 0 Å². The Kier molecular flexibility index (Phi) is 4.85. The van der Waals surface area contributed by atoms with Crippen LogP contribution in [0.15, 0.2) is 22.7 Å². The van der Waals surface area contributed by atoms with Crippen molar-refractivity contribution in [1.29, 1.82) is 0 Å². The van der Waals surface area contributed by atoms with E-state index in [9.17, 15) is 0 Å². The molecular weight excluding hydrogens is 322 g/mol. The number of halogens is 1. The highest BCUT2D eigenvalue weighted by molar-refractivity contribution is 9.10. The van der Waals surface area contributed by atoms with Gasteiger partial charge in [-0.15, -0.1) is 0 Å². The Bertz CT molecular complexity index is 428. The van der Waals surface area contributed by atoms with E-state index in [4.69, 9.17) is 4.74 Å². The molecule has 3 rings (SSSR count). The van der Waals surface area contributed by atoms with Crippen LogP contribution in [0.2, 0.25) is 0 Å². The zero-order chi connectivity index (χ0) is 13.1. The highest BCUT2D eigenvalue weighted by Gasteiger charge is 2.20. The largest absolute Gasteiger partial charge is 0.371 e. The number of hydrogen-bond donors (Lipinski definition) is 1. The van der Waals surface area contributed by atoms with Crippen LogP contribution in [-0.4, -0.2) is 31.2 Å². The third-order valence-corrected chi connectivity index (χ3v) is 5.72. The van der Waals surface area contributed by atoms with Gasteiger partial charge in [-0.05, 0) is 47.5 Å². The molecule has 1 unspecified atom stereocenters. The molecule has 19 heavy (non-hydrogen) atoms. The predicted molar refractivity (Wildman–Crippen MR) is 85.0 cm³/mol. The van der Waals surface area contributed by atoms with Crippen molar-refractivity contribution in [2.75, 3.05) is 31.2 Å². The van der Waals surface area contributed by atoms with Crippen molar-refractivity contribution in [1.82, 2.24) is 5.32 Å². The van der Waals surface area contributed by atoms with Crippen LogP contribution in [0.25, 0.3) is 0 Å². The lowest BCUT2D eigenvalue weighted by Crippen LogP contribution is -2.33. The fourth-order valence-electron chi connectivity index (χ4n) is 2.86. The number of rotatable bonds is 2. The molecule has 0 aliphatic carbocycles. The Morgan fingerprint density at radius 2 is 2.11 bits per heavy atom. The zero-order valence-electron chi connectivity index (χ0n) is 11.0. The normalized spacial score (nSPS) is 25.4. The summed E-state index contributed by atoms with van der Waals surface area (Å²) in [4.78, 5) is 0. The molecule has 0 saturated carbocycles. The molecule has 4 heteroatoms. The fraction of sp³-hybridized carbons (Fsp3) is 0.600. The maximum absolute atomic E-state index is 5.82. The third-order valence-electron chi connectivity index (χ3n) is 3.99. The van der Waals surface area contributed by atoms with Crippen LogP contribution in [0, 0.1) is 0 Å². The van der Waals surface area contributed by atoms with Gasteiger partial charge in [-0.2, -0.15) is 11.8 Å². The molecule has 1 atom stereocenters. The lowest BCUT2D eigenvalue weighted by Gasteiger charge is -2.26. The summed E-state index contributed by atoms with van der Waals surface area (Å²) >= 11 is 5.85. The quantitative estimate of drug-likeness (QED) is 0.885. The van der Waals surface area contributed by atoms with E-state index in [0.717, 1.165) is 25.6 Å². The second-order valence-electron chi connectivity index (χ2n) is 5.23. The molecule has 0 radical (unpaired) electrons. The molecule has 0 aromatic heterocycles. The maximum atomic E-state index is 5.82. The van der Waals surface area contributed by atoms with E-state index in [-0.39, 0.29) is 6.10 Å². The van der Waals surface area contributed by atoms with Crippen LogP contribution < -0.4 is 5.32 Å². The van der Waals surface area contributed by atoms with E-state index in [1.807, 2.05) is 0 Å². The summed E-state index contributed by atoms with van der Waals surface area (Å²) in [5.41, 5.74) is 2.76. The van der Waals surface area contributed by atoms with Crippen molar-refractivity contribution in [3.05, 3.63) is 33.8 Å². The summed E-state index contributed by atoms with van der Waals surface area (Å²) in [5.74, 6) is 3.33. The van der Waals surface area contributed by atoms with Gasteiger partial charge in [0.2, 0.25) is 0 Å². The summed E-state index contributed by atoms with van der Waals surface area (Å²) in [6.45, 7) is 2.70. The number of nitrogens with one attached hydrogen (secondary N) is 1. The van der Waals surface area contributed by atoms with Gasteiger partial charge in [0.25, 0.3) is 0 Å². The van der Waals surface area contributed by atoms with Gasteiger partial charge in [0.15, 0.2) is 0 Å². The highest BCUT2D eigenvalue weighted by Crippen LogP contribution is 2.36. The van der Waals surface area contributed by atoms with E-state index in [2.05, 4.69) is 51.2 Å². The monoisotopic (exact) mass is 341 g/mol. The van der Waals surface area contributed by atoms with Gasteiger partial charge in [-0.25, -0.2) is 0 Å². The first kappa shape index (κ1) is 13.9. The minimum Gasteiger partial charge on any atom is -0.371 e. The van der Waals surface area contributed by atoms with E-state index in [1.54, 1.807) is 0 Å². The second-order valence-corrected chi connectivity index (χ2v) is 7.31. The molecule has 1 N–H and O–H groups in total. The predicted octanol–water partition coefficient (Wildman–Crippen LogP) is 3.72. The standard InChI is InChI=1S/C15H20BrNOS/c16-14-9-12(15-10-17-5-6-18-15)1-2-13(14)11-3-7-19-8-4-11/h1-2,9,11,15,17H,3-8,10H2. The first-order valence-corrected chi connectivity index (χ1v) is 8.99. The SMILES string of the molecule is Brc1cc(C2CNCCO2)ccc1C1CCSCC1. The molecule has 2 aliphatic heterocycles. The Labute approximate surface area is 127 Å². The summed E-state index contributed by atoms with van der Waals surface area (Å²) in [5, 5.41) is 3.39. The zero-order valence-corrected chi connectivity index (χ0v) is 13.4. The molecule has 2 heterocycles. The van der Waals surface area contributed by atoms with Gasteiger partial charge in [-0.1, -0.05) is 28.1 Å². The van der Waals surface area contributed by atoms with Crippen molar-refractivity contribution < 1.29 is 4.74 Å². The molecule has 1 aromatic rings. The highest BCUT2D eigenvalue weighted by atomic mass is 79.9. The van der Waals surface area contributed by atoms with Crippen molar-refractivity contribution in [3.63, 3.8) is 0 Å². The number of benzene rings is 1. The molecule has 0 amide bonds. The average molecular weight is 342 g/mol. The lowest BCUT2D eigenvalue weighted by atomic mass is 9.92. The van der Waals surface area contributed by atoms with Crippen LogP contribution >= 0.6 is 27.7 Å². The lowest BCUT2D eigenvalue weighted by molar-refractivity contribution is 0.0276. The Morgan fingerprint density at radius 1 is 1.26 bits per heavy atom. The number of thioether (sulfide) groups is 1. The Hall–Kier alpha value is -0.0300. The number of morpholine rings is 1. The van der Waals surface area contributed by atoms with Crippen LogP contribution in [0.1, 0.15) is 36.0 Å². The molecule has 2 saturated heterocycles. The topological polar surface area (TPSA) is 21.3 Å². The number of ether oxygens (including phenoxy) is 1. The van der Waals surface area contributed by atoms with Gasteiger partial charge < -0.3 is 10.1 Å². The Balaban J connectivity index is 1.76. The minimum atomic E-state index is 0.209. The average Bonchev–Trinajstić information content (AvgIpc) is 2.49. The fourth-order valence-corrected chi connectivity index (χ4v) is 4.69. The van der Waals surface area contributed by atoms with Crippen molar-refractivity contribution in [2.24, 2.45) is 0 Å². The molecule has 2 nitrogen and oxygen atoms in total. The first-order chi connectivity index (χ1) is 9.34. The smallest absolute Gasteiger partial charge is 0.0950 e. The molecule has 0 bridgehead atoms. The third kappa shape index (κ3) is 3.35. The van der Waals surface area contributed by atoms with Gasteiger partial charge in [-0.3, -0.25) is 0 Å². The second kappa shape index (κ2) is 6.61.